The summed E-state index contributed by atoms with van der Waals surface area (Å²) in [4.78, 5) is 15.5. The summed E-state index contributed by atoms with van der Waals surface area (Å²) in [6.45, 7) is 2.52. The number of nitrogens with zero attached hydrogens (tertiary/aromatic N) is 2. The summed E-state index contributed by atoms with van der Waals surface area (Å²) in [6.07, 6.45) is 2.27. The van der Waals surface area contributed by atoms with E-state index in [1.807, 2.05) is 24.3 Å². The lowest BCUT2D eigenvalue weighted by atomic mass is 10.2. The van der Waals surface area contributed by atoms with Gasteiger partial charge in [-0.1, -0.05) is 0 Å². The summed E-state index contributed by atoms with van der Waals surface area (Å²) >= 11 is 0. The minimum Gasteiger partial charge on any atom is -0.326 e. The molecule has 6 heteroatoms. The number of hydrogen-bond donors (Lipinski definition) is 3. The van der Waals surface area contributed by atoms with Crippen LogP contribution in [0.15, 0.2) is 24.3 Å². The van der Waals surface area contributed by atoms with Crippen LogP contribution in [0.5, 0.6) is 0 Å². The first kappa shape index (κ1) is 12.8. The molecule has 1 unspecified atom stereocenters. The van der Waals surface area contributed by atoms with E-state index in [4.69, 9.17) is 0 Å². The lowest BCUT2D eigenvalue weighted by Gasteiger charge is -2.04. The van der Waals surface area contributed by atoms with Crippen LogP contribution in [0.25, 0.3) is 11.4 Å². The van der Waals surface area contributed by atoms with Crippen LogP contribution in [-0.2, 0) is 4.79 Å². The second kappa shape index (κ2) is 5.42. The van der Waals surface area contributed by atoms with E-state index in [-0.39, 0.29) is 11.9 Å². The molecule has 0 radical (unpaired) electrons. The molecule has 0 spiro atoms. The summed E-state index contributed by atoms with van der Waals surface area (Å²) in [7, 11) is 0. The molecule has 3 N–H and O–H groups in total. The number of nitrogens with one attached hydrogen (secondary N) is 3. The maximum atomic E-state index is 11.0. The van der Waals surface area contributed by atoms with Gasteiger partial charge in [-0.15, -0.1) is 0 Å². The van der Waals surface area contributed by atoms with E-state index in [1.165, 1.54) is 13.3 Å². The topological polar surface area (TPSA) is 82.7 Å². The number of rotatable bonds is 3. The monoisotopic (exact) mass is 271 g/mol. The van der Waals surface area contributed by atoms with Crippen molar-refractivity contribution >= 4 is 11.6 Å². The molecular weight excluding hydrogens is 254 g/mol. The molecular formula is C14H17N5O. The van der Waals surface area contributed by atoms with Crippen LogP contribution in [0.4, 0.5) is 5.69 Å². The number of benzene rings is 1. The van der Waals surface area contributed by atoms with Crippen molar-refractivity contribution in [2.45, 2.75) is 25.8 Å². The third-order valence-corrected chi connectivity index (χ3v) is 3.36. The number of aromatic amines is 1. The Bertz CT molecular complexity index is 598. The Morgan fingerprint density at radius 2 is 2.15 bits per heavy atom. The first-order chi connectivity index (χ1) is 9.72. The fourth-order valence-corrected chi connectivity index (χ4v) is 2.38. The molecule has 1 fully saturated rings. The highest BCUT2D eigenvalue weighted by molar-refractivity contribution is 5.88. The standard InChI is InChI=1S/C14H17N5O/c1-9(20)16-11-6-4-10(5-7-11)13-17-14(19-18-13)12-3-2-8-15-12/h4-7,12,15H,2-3,8H2,1H3,(H,16,20)(H,17,18,19). The van der Waals surface area contributed by atoms with Crippen LogP contribution in [0, 0.1) is 0 Å². The van der Waals surface area contributed by atoms with Crippen molar-refractivity contribution in [2.24, 2.45) is 0 Å². The highest BCUT2D eigenvalue weighted by Crippen LogP contribution is 2.23. The molecule has 0 bridgehead atoms. The molecule has 3 rings (SSSR count). The highest BCUT2D eigenvalue weighted by Gasteiger charge is 2.20. The Hall–Kier alpha value is -2.21. The molecule has 1 aromatic heterocycles. The van der Waals surface area contributed by atoms with Crippen molar-refractivity contribution in [1.29, 1.82) is 0 Å². The molecule has 6 nitrogen and oxygen atoms in total. The van der Waals surface area contributed by atoms with Crippen molar-refractivity contribution in [2.75, 3.05) is 11.9 Å². The molecule has 1 saturated heterocycles. The minimum atomic E-state index is -0.0785. The van der Waals surface area contributed by atoms with Gasteiger partial charge in [-0.25, -0.2) is 4.98 Å². The molecule has 2 heterocycles. The maximum absolute atomic E-state index is 11.0. The van der Waals surface area contributed by atoms with E-state index < -0.39 is 0 Å². The van der Waals surface area contributed by atoms with E-state index in [0.717, 1.165) is 30.0 Å². The van der Waals surface area contributed by atoms with E-state index in [2.05, 4.69) is 25.8 Å². The summed E-state index contributed by atoms with van der Waals surface area (Å²) in [6, 6.07) is 7.79. The Labute approximate surface area is 117 Å². The van der Waals surface area contributed by atoms with Gasteiger partial charge >= 0.3 is 0 Å². The lowest BCUT2D eigenvalue weighted by Crippen LogP contribution is -2.14. The molecule has 1 aromatic carbocycles. The average Bonchev–Trinajstić information content (AvgIpc) is 3.10. The Balaban J connectivity index is 1.77. The average molecular weight is 271 g/mol. The molecule has 1 aliphatic heterocycles. The first-order valence-electron chi connectivity index (χ1n) is 6.76. The van der Waals surface area contributed by atoms with Crippen LogP contribution in [0.2, 0.25) is 0 Å². The predicted molar refractivity (Wildman–Crippen MR) is 76.1 cm³/mol. The number of anilines is 1. The van der Waals surface area contributed by atoms with Gasteiger partial charge in [0.2, 0.25) is 5.91 Å². The second-order valence-corrected chi connectivity index (χ2v) is 4.95. The Kier molecular flexibility index (Phi) is 3.47. The third kappa shape index (κ3) is 2.70. The molecule has 0 saturated carbocycles. The summed E-state index contributed by atoms with van der Waals surface area (Å²) in [5, 5.41) is 13.4. The predicted octanol–water partition coefficient (Wildman–Crippen LogP) is 1.85. The van der Waals surface area contributed by atoms with Gasteiger partial charge in [-0.05, 0) is 43.7 Å². The van der Waals surface area contributed by atoms with Gasteiger partial charge < -0.3 is 10.6 Å². The largest absolute Gasteiger partial charge is 0.326 e. The van der Waals surface area contributed by atoms with Gasteiger partial charge in [0.25, 0.3) is 0 Å². The summed E-state index contributed by atoms with van der Waals surface area (Å²) in [5.41, 5.74) is 1.70. The molecule has 1 atom stereocenters. The lowest BCUT2D eigenvalue weighted by molar-refractivity contribution is -0.114. The molecule has 20 heavy (non-hydrogen) atoms. The molecule has 1 aliphatic rings. The van der Waals surface area contributed by atoms with Crippen LogP contribution in [0.3, 0.4) is 0 Å². The van der Waals surface area contributed by atoms with E-state index in [0.29, 0.717) is 5.82 Å². The fourth-order valence-electron chi connectivity index (χ4n) is 2.38. The van der Waals surface area contributed by atoms with Gasteiger partial charge in [-0.2, -0.15) is 5.10 Å². The van der Waals surface area contributed by atoms with E-state index >= 15 is 0 Å². The fraction of sp³-hybridized carbons (Fsp3) is 0.357. The maximum Gasteiger partial charge on any atom is 0.221 e. The SMILES string of the molecule is CC(=O)Nc1ccc(-c2n[nH]c(C3CCCN3)n2)cc1. The Morgan fingerprint density at radius 1 is 1.35 bits per heavy atom. The van der Waals surface area contributed by atoms with Crippen molar-refractivity contribution in [3.8, 4) is 11.4 Å². The number of hydrogen-bond acceptors (Lipinski definition) is 4. The smallest absolute Gasteiger partial charge is 0.221 e. The van der Waals surface area contributed by atoms with Gasteiger partial charge in [0.15, 0.2) is 5.82 Å². The quantitative estimate of drug-likeness (QED) is 0.795. The van der Waals surface area contributed by atoms with Crippen LogP contribution >= 0.6 is 0 Å². The van der Waals surface area contributed by atoms with Crippen LogP contribution in [0.1, 0.15) is 31.6 Å². The zero-order valence-electron chi connectivity index (χ0n) is 11.3. The first-order valence-corrected chi connectivity index (χ1v) is 6.76. The van der Waals surface area contributed by atoms with Crippen molar-refractivity contribution in [3.05, 3.63) is 30.1 Å². The summed E-state index contributed by atoms with van der Waals surface area (Å²) in [5.74, 6) is 1.50. The number of H-pyrrole nitrogens is 1. The molecule has 1 amide bonds. The van der Waals surface area contributed by atoms with Gasteiger partial charge in [-0.3, -0.25) is 9.89 Å². The number of amides is 1. The third-order valence-electron chi connectivity index (χ3n) is 3.36. The van der Waals surface area contributed by atoms with E-state index in [1.54, 1.807) is 0 Å². The number of carbonyl (C=O) groups excluding carboxylic acids is 1. The van der Waals surface area contributed by atoms with Gasteiger partial charge in [0.1, 0.15) is 5.82 Å². The van der Waals surface area contributed by atoms with Crippen molar-refractivity contribution < 1.29 is 4.79 Å². The van der Waals surface area contributed by atoms with Gasteiger partial charge in [0, 0.05) is 18.2 Å². The minimum absolute atomic E-state index is 0.0785. The van der Waals surface area contributed by atoms with Crippen molar-refractivity contribution in [3.63, 3.8) is 0 Å². The van der Waals surface area contributed by atoms with Crippen LogP contribution in [-0.4, -0.2) is 27.6 Å². The van der Waals surface area contributed by atoms with Crippen LogP contribution < -0.4 is 10.6 Å². The molecule has 104 valence electrons. The zero-order chi connectivity index (χ0) is 13.9. The molecule has 0 aliphatic carbocycles. The number of aromatic nitrogens is 3. The number of carbonyl (C=O) groups is 1. The Morgan fingerprint density at radius 3 is 2.80 bits per heavy atom. The van der Waals surface area contributed by atoms with E-state index in [9.17, 15) is 4.79 Å². The second-order valence-electron chi connectivity index (χ2n) is 4.95. The molecule has 2 aromatic rings. The summed E-state index contributed by atoms with van der Waals surface area (Å²) < 4.78 is 0. The normalized spacial score (nSPS) is 18.1. The van der Waals surface area contributed by atoms with Gasteiger partial charge in [0.05, 0.1) is 6.04 Å². The highest BCUT2D eigenvalue weighted by atomic mass is 16.1. The zero-order valence-corrected chi connectivity index (χ0v) is 11.3. The van der Waals surface area contributed by atoms with Crippen molar-refractivity contribution in [1.82, 2.24) is 20.5 Å².